The van der Waals surface area contributed by atoms with Crippen LogP contribution in [-0.2, 0) is 14.3 Å². The summed E-state index contributed by atoms with van der Waals surface area (Å²) in [6.07, 6.45) is 8.47. The van der Waals surface area contributed by atoms with Crippen LogP contribution in [0.3, 0.4) is 0 Å². The molecule has 168 valence electrons. The van der Waals surface area contributed by atoms with Crippen LogP contribution in [-0.4, -0.2) is 47.8 Å². The number of rotatable bonds is 6. The van der Waals surface area contributed by atoms with Crippen molar-refractivity contribution >= 4 is 5.91 Å². The van der Waals surface area contributed by atoms with Crippen LogP contribution in [0, 0.1) is 0 Å². The number of para-hydroxylation sites is 1. The summed E-state index contributed by atoms with van der Waals surface area (Å²) < 4.78 is 17.9. The summed E-state index contributed by atoms with van der Waals surface area (Å²) >= 11 is 0. The number of methoxy groups -OCH3 is 1. The Balaban J connectivity index is 1.70. The van der Waals surface area contributed by atoms with Gasteiger partial charge in [-0.2, -0.15) is 0 Å². The molecule has 0 aliphatic carbocycles. The maximum Gasteiger partial charge on any atom is 0.250 e. The number of aliphatic hydroxyl groups is 1. The molecule has 6 heteroatoms. The van der Waals surface area contributed by atoms with E-state index in [4.69, 9.17) is 14.2 Å². The maximum atomic E-state index is 12.8. The van der Waals surface area contributed by atoms with Crippen LogP contribution < -0.4 is 4.74 Å². The largest absolute Gasteiger partial charge is 0.508 e. The number of carbonyl (C=O) groups excluding carboxylic acids is 1. The van der Waals surface area contributed by atoms with Crippen molar-refractivity contribution in [2.75, 3.05) is 20.2 Å². The van der Waals surface area contributed by atoms with Gasteiger partial charge in [-0.15, -0.1) is 0 Å². The van der Waals surface area contributed by atoms with Gasteiger partial charge < -0.3 is 24.2 Å². The lowest BCUT2D eigenvalue weighted by Crippen LogP contribution is -2.52. The van der Waals surface area contributed by atoms with Gasteiger partial charge in [-0.05, 0) is 32.9 Å². The van der Waals surface area contributed by atoms with Gasteiger partial charge in [0, 0.05) is 50.1 Å². The highest BCUT2D eigenvalue weighted by atomic mass is 16.5. The predicted molar refractivity (Wildman–Crippen MR) is 120 cm³/mol. The van der Waals surface area contributed by atoms with E-state index >= 15 is 0 Å². The van der Waals surface area contributed by atoms with Gasteiger partial charge in [-0.25, -0.2) is 0 Å². The lowest BCUT2D eigenvalue weighted by molar-refractivity contribution is -0.132. The zero-order chi connectivity index (χ0) is 22.4. The average Bonchev–Trinajstić information content (AvgIpc) is 2.73. The molecule has 1 saturated heterocycles. The van der Waals surface area contributed by atoms with Crippen LogP contribution in [0.4, 0.5) is 0 Å². The molecule has 0 unspecified atom stereocenters. The number of likely N-dealkylation sites (tertiary alicyclic amines) is 1. The molecular weight excluding hydrogens is 394 g/mol. The highest BCUT2D eigenvalue weighted by molar-refractivity contribution is 5.88. The van der Waals surface area contributed by atoms with Crippen molar-refractivity contribution in [1.82, 2.24) is 4.90 Å². The first-order valence-electron chi connectivity index (χ1n) is 10.9. The number of fused-ring (bicyclic) bond motifs is 1. The van der Waals surface area contributed by atoms with Crippen LogP contribution in [0.5, 0.6) is 5.75 Å². The second kappa shape index (κ2) is 10.1. The van der Waals surface area contributed by atoms with Crippen molar-refractivity contribution in [3.8, 4) is 5.75 Å². The van der Waals surface area contributed by atoms with Gasteiger partial charge in [-0.3, -0.25) is 4.79 Å². The highest BCUT2D eigenvalue weighted by Crippen LogP contribution is 2.46. The first-order valence-corrected chi connectivity index (χ1v) is 10.9. The van der Waals surface area contributed by atoms with Crippen LogP contribution in [0.25, 0.3) is 0 Å². The summed E-state index contributed by atoms with van der Waals surface area (Å²) in [5, 5.41) is 9.81. The number of hydrogen-bond acceptors (Lipinski definition) is 5. The topological polar surface area (TPSA) is 68.2 Å². The quantitative estimate of drug-likeness (QED) is 0.400. The number of hydrogen-bond donors (Lipinski definition) is 1. The summed E-state index contributed by atoms with van der Waals surface area (Å²) in [4.78, 5) is 14.6. The van der Waals surface area contributed by atoms with Crippen LogP contribution in [0.2, 0.25) is 0 Å². The summed E-state index contributed by atoms with van der Waals surface area (Å²) in [5.41, 5.74) is 0.767. The second-order valence-corrected chi connectivity index (χ2v) is 8.35. The van der Waals surface area contributed by atoms with Gasteiger partial charge in [-0.1, -0.05) is 24.3 Å². The predicted octanol–water partition coefficient (Wildman–Crippen LogP) is 4.84. The number of ether oxygens (including phenoxy) is 3. The molecule has 0 bridgehead atoms. The summed E-state index contributed by atoms with van der Waals surface area (Å²) in [5.74, 6) is 1.09. The minimum Gasteiger partial charge on any atom is -0.508 e. The summed E-state index contributed by atoms with van der Waals surface area (Å²) in [7, 11) is 1.48. The third-order valence-electron chi connectivity index (χ3n) is 5.70. The molecule has 2 heterocycles. The monoisotopic (exact) mass is 427 g/mol. The Morgan fingerprint density at radius 2 is 1.97 bits per heavy atom. The van der Waals surface area contributed by atoms with E-state index < -0.39 is 0 Å². The van der Waals surface area contributed by atoms with Gasteiger partial charge in [0.05, 0.1) is 19.3 Å². The Labute approximate surface area is 184 Å². The van der Waals surface area contributed by atoms with E-state index in [2.05, 4.69) is 6.07 Å². The molecule has 1 aromatic carbocycles. The molecule has 1 fully saturated rings. The van der Waals surface area contributed by atoms with Crippen molar-refractivity contribution in [2.24, 2.45) is 0 Å². The number of amides is 1. The van der Waals surface area contributed by atoms with Gasteiger partial charge in [0.1, 0.15) is 22.9 Å². The van der Waals surface area contributed by atoms with E-state index in [1.165, 1.54) is 25.3 Å². The number of benzene rings is 1. The van der Waals surface area contributed by atoms with Gasteiger partial charge in [0.25, 0.3) is 0 Å². The molecule has 1 amide bonds. The fourth-order valence-electron chi connectivity index (χ4n) is 4.19. The molecule has 1 aromatic rings. The third kappa shape index (κ3) is 5.70. The normalized spacial score (nSPS) is 21.3. The first kappa shape index (κ1) is 22.9. The molecule has 31 heavy (non-hydrogen) atoms. The fourth-order valence-corrected chi connectivity index (χ4v) is 4.19. The summed E-state index contributed by atoms with van der Waals surface area (Å²) in [6.45, 7) is 7.08. The van der Waals surface area contributed by atoms with Crippen LogP contribution in [0.15, 0.2) is 60.1 Å². The Morgan fingerprint density at radius 3 is 2.61 bits per heavy atom. The number of aliphatic hydroxyl groups excluding tert-OH is 1. The average molecular weight is 428 g/mol. The number of nitrogens with zero attached hydrogens (tertiary/aromatic N) is 1. The number of piperidine rings is 1. The van der Waals surface area contributed by atoms with E-state index in [1.54, 1.807) is 17.9 Å². The maximum absolute atomic E-state index is 12.8. The first-order chi connectivity index (χ1) is 14.9. The standard InChI is InChI=1S/C25H33NO5/c1-5-8-19(27)15-20(29-4)16-24(28)26-13-11-25(12-14-26)17-23(30-18(2)3)21-9-6-7-10-22(21)31-25/h5-10,15-16,18,23,27H,11-14,17H2,1-4H3/b8-5-,19-15+,20-16-/t23-/m0/s1. The van der Waals surface area contributed by atoms with Crippen molar-refractivity contribution < 1.29 is 24.1 Å². The van der Waals surface area contributed by atoms with Crippen molar-refractivity contribution in [1.29, 1.82) is 0 Å². The number of carbonyl (C=O) groups is 1. The van der Waals surface area contributed by atoms with E-state index in [0.29, 0.717) is 18.8 Å². The van der Waals surface area contributed by atoms with E-state index in [1.807, 2.05) is 32.0 Å². The second-order valence-electron chi connectivity index (χ2n) is 8.35. The molecule has 0 radical (unpaired) electrons. The van der Waals surface area contributed by atoms with Crippen molar-refractivity contribution in [2.45, 2.75) is 57.8 Å². The molecule has 2 aliphatic heterocycles. The molecule has 1 atom stereocenters. The molecule has 1 N–H and O–H groups in total. The molecule has 0 saturated carbocycles. The lowest BCUT2D eigenvalue weighted by atomic mass is 9.81. The Kier molecular flexibility index (Phi) is 7.44. The highest BCUT2D eigenvalue weighted by Gasteiger charge is 2.44. The fraction of sp³-hybridized carbons (Fsp3) is 0.480. The molecule has 1 spiro atoms. The van der Waals surface area contributed by atoms with Crippen molar-refractivity contribution in [3.05, 3.63) is 65.7 Å². The zero-order valence-electron chi connectivity index (χ0n) is 18.8. The van der Waals surface area contributed by atoms with Crippen LogP contribution in [0.1, 0.15) is 51.7 Å². The molecule has 3 rings (SSSR count). The third-order valence-corrected chi connectivity index (χ3v) is 5.70. The molecular formula is C25H33NO5. The van der Waals surface area contributed by atoms with Crippen molar-refractivity contribution in [3.63, 3.8) is 0 Å². The SMILES string of the molecule is C\C=C/C(O)=C\C(=C\C(=O)N1CCC2(CC1)C[C@H](OC(C)C)c1ccccc1O2)OC. The zero-order valence-corrected chi connectivity index (χ0v) is 18.8. The minimum absolute atomic E-state index is 0.00748. The van der Waals surface area contributed by atoms with E-state index in [0.717, 1.165) is 30.6 Å². The van der Waals surface area contributed by atoms with Gasteiger partial charge >= 0.3 is 0 Å². The lowest BCUT2D eigenvalue weighted by Gasteiger charge is -2.46. The smallest absolute Gasteiger partial charge is 0.250 e. The van der Waals surface area contributed by atoms with Gasteiger partial charge in [0.15, 0.2) is 0 Å². The Bertz CT molecular complexity index is 862. The van der Waals surface area contributed by atoms with E-state index in [-0.39, 0.29) is 29.5 Å². The Hall–Kier alpha value is -2.73. The Morgan fingerprint density at radius 1 is 1.26 bits per heavy atom. The van der Waals surface area contributed by atoms with Gasteiger partial charge in [0.2, 0.25) is 5.91 Å². The molecule has 6 nitrogen and oxygen atoms in total. The van der Waals surface area contributed by atoms with Crippen LogP contribution >= 0.6 is 0 Å². The van der Waals surface area contributed by atoms with E-state index in [9.17, 15) is 9.90 Å². The summed E-state index contributed by atoms with van der Waals surface area (Å²) in [6, 6.07) is 8.07. The number of allylic oxidation sites excluding steroid dienone is 3. The molecule has 0 aromatic heterocycles. The molecule has 2 aliphatic rings. The minimum atomic E-state index is -0.331.